The van der Waals surface area contributed by atoms with Crippen molar-refractivity contribution in [3.05, 3.63) is 35.9 Å². The molecular formula is C15H20N2O5. The highest BCUT2D eigenvalue weighted by Gasteiger charge is 2.24. The summed E-state index contributed by atoms with van der Waals surface area (Å²) in [6.45, 7) is 1.35. The molecule has 0 aliphatic carbocycles. The van der Waals surface area contributed by atoms with Gasteiger partial charge in [0.2, 0.25) is 12.2 Å². The second kappa shape index (κ2) is 11.5. The highest BCUT2D eigenvalue weighted by atomic mass is 16.3. The second-order valence-corrected chi connectivity index (χ2v) is 4.55. The van der Waals surface area contributed by atoms with E-state index in [0.29, 0.717) is 12.0 Å². The maximum atomic E-state index is 9.98. The summed E-state index contributed by atoms with van der Waals surface area (Å²) in [5.74, 6) is 0. The molecule has 0 fully saturated rings. The molecule has 0 saturated carbocycles. The molecule has 22 heavy (non-hydrogen) atoms. The molecule has 0 aliphatic heterocycles. The van der Waals surface area contributed by atoms with Gasteiger partial charge in [0.05, 0.1) is 19.8 Å². The van der Waals surface area contributed by atoms with E-state index in [4.69, 9.17) is 15.3 Å². The zero-order valence-electron chi connectivity index (χ0n) is 12.3. The summed E-state index contributed by atoms with van der Waals surface area (Å²) in [6.07, 6.45) is 2.49. The number of benzene rings is 1. The van der Waals surface area contributed by atoms with E-state index in [-0.39, 0.29) is 19.8 Å². The Morgan fingerprint density at radius 3 is 1.73 bits per heavy atom. The van der Waals surface area contributed by atoms with E-state index < -0.39 is 11.6 Å². The zero-order valence-corrected chi connectivity index (χ0v) is 12.3. The number of aliphatic imine (C=N–C) groups is 2. The Bertz CT molecular complexity index is 468. The number of carbonyl (C=O) groups excluding carboxylic acids is 2. The van der Waals surface area contributed by atoms with Crippen molar-refractivity contribution in [1.82, 2.24) is 0 Å². The predicted molar refractivity (Wildman–Crippen MR) is 79.4 cm³/mol. The standard InChI is InChI=1S/C9H6N2O2.C6H14O3/c12-6-10-9(11-7-13)8-4-2-1-3-5-8;1-2-6(3-7,4-8)5-9/h1-5,9H;7-9H,2-5H2,1H3. The van der Waals surface area contributed by atoms with Crippen molar-refractivity contribution in [3.8, 4) is 0 Å². The van der Waals surface area contributed by atoms with Gasteiger partial charge in [-0.3, -0.25) is 0 Å². The van der Waals surface area contributed by atoms with Crippen LogP contribution in [-0.4, -0.2) is 47.3 Å². The van der Waals surface area contributed by atoms with E-state index in [1.807, 2.05) is 13.0 Å². The van der Waals surface area contributed by atoms with Crippen molar-refractivity contribution in [2.75, 3.05) is 19.8 Å². The number of rotatable bonds is 7. The Hall–Kier alpha value is -2.14. The topological polar surface area (TPSA) is 120 Å². The van der Waals surface area contributed by atoms with Crippen LogP contribution in [0.2, 0.25) is 0 Å². The van der Waals surface area contributed by atoms with Gasteiger partial charge in [0, 0.05) is 5.41 Å². The molecule has 7 nitrogen and oxygen atoms in total. The zero-order chi connectivity index (χ0) is 16.8. The van der Waals surface area contributed by atoms with Crippen LogP contribution >= 0.6 is 0 Å². The third-order valence-corrected chi connectivity index (χ3v) is 3.20. The molecule has 0 aromatic heterocycles. The molecular weight excluding hydrogens is 288 g/mol. The first-order chi connectivity index (χ1) is 10.6. The van der Waals surface area contributed by atoms with Crippen molar-refractivity contribution >= 4 is 12.2 Å². The number of hydrogen-bond acceptors (Lipinski definition) is 7. The maximum absolute atomic E-state index is 9.98. The van der Waals surface area contributed by atoms with Crippen LogP contribution in [0.25, 0.3) is 0 Å². The highest BCUT2D eigenvalue weighted by Crippen LogP contribution is 2.18. The third-order valence-electron chi connectivity index (χ3n) is 3.20. The lowest BCUT2D eigenvalue weighted by atomic mass is 9.88. The molecule has 0 saturated heterocycles. The lowest BCUT2D eigenvalue weighted by Gasteiger charge is -2.24. The highest BCUT2D eigenvalue weighted by molar-refractivity contribution is 5.39. The van der Waals surface area contributed by atoms with Crippen LogP contribution in [-0.2, 0) is 9.59 Å². The van der Waals surface area contributed by atoms with E-state index in [2.05, 4.69) is 9.98 Å². The lowest BCUT2D eigenvalue weighted by Crippen LogP contribution is -2.32. The molecule has 0 heterocycles. The van der Waals surface area contributed by atoms with Gasteiger partial charge in [-0.2, -0.15) is 9.98 Å². The van der Waals surface area contributed by atoms with Crippen LogP contribution in [0.3, 0.4) is 0 Å². The summed E-state index contributed by atoms with van der Waals surface area (Å²) in [5, 5.41) is 26.0. The van der Waals surface area contributed by atoms with Crippen molar-refractivity contribution in [2.45, 2.75) is 19.5 Å². The quantitative estimate of drug-likeness (QED) is 0.506. The normalized spacial score (nSPS) is 11.3. The fraction of sp³-hybridized carbons (Fsp3) is 0.467. The summed E-state index contributed by atoms with van der Waals surface area (Å²) in [5.41, 5.74) is -0.00537. The minimum atomic E-state index is -0.809. The first-order valence-corrected chi connectivity index (χ1v) is 6.64. The molecule has 120 valence electrons. The molecule has 0 spiro atoms. The number of nitrogens with zero attached hydrogens (tertiary/aromatic N) is 2. The van der Waals surface area contributed by atoms with Crippen LogP contribution in [0.15, 0.2) is 40.3 Å². The third kappa shape index (κ3) is 6.54. The van der Waals surface area contributed by atoms with Crippen LogP contribution < -0.4 is 0 Å². The van der Waals surface area contributed by atoms with Gasteiger partial charge in [-0.05, 0) is 12.0 Å². The Morgan fingerprint density at radius 1 is 1.00 bits per heavy atom. The van der Waals surface area contributed by atoms with Crippen molar-refractivity contribution < 1.29 is 24.9 Å². The minimum absolute atomic E-state index is 0.156. The van der Waals surface area contributed by atoms with Crippen LogP contribution in [0.5, 0.6) is 0 Å². The summed E-state index contributed by atoms with van der Waals surface area (Å²) < 4.78 is 0. The first kappa shape index (κ1) is 19.9. The number of isocyanates is 2. The average Bonchev–Trinajstić information content (AvgIpc) is 2.59. The summed E-state index contributed by atoms with van der Waals surface area (Å²) in [6, 6.07) is 8.78. The molecule has 1 aromatic carbocycles. The molecule has 0 aliphatic rings. The van der Waals surface area contributed by atoms with E-state index in [9.17, 15) is 9.59 Å². The molecule has 1 rings (SSSR count). The van der Waals surface area contributed by atoms with Crippen LogP contribution in [0, 0.1) is 5.41 Å². The van der Waals surface area contributed by atoms with Crippen LogP contribution in [0.1, 0.15) is 25.1 Å². The molecule has 7 heteroatoms. The smallest absolute Gasteiger partial charge is 0.237 e. The number of hydrogen-bond donors (Lipinski definition) is 3. The largest absolute Gasteiger partial charge is 0.396 e. The van der Waals surface area contributed by atoms with Gasteiger partial charge in [0.15, 0.2) is 6.17 Å². The molecule has 0 unspecified atom stereocenters. The Balaban J connectivity index is 0.000000433. The van der Waals surface area contributed by atoms with Crippen molar-refractivity contribution in [1.29, 1.82) is 0 Å². The summed E-state index contributed by atoms with van der Waals surface area (Å²) in [4.78, 5) is 26.7. The van der Waals surface area contributed by atoms with Gasteiger partial charge in [0.25, 0.3) is 0 Å². The monoisotopic (exact) mass is 308 g/mol. The molecule has 0 amide bonds. The van der Waals surface area contributed by atoms with Gasteiger partial charge < -0.3 is 15.3 Å². The minimum Gasteiger partial charge on any atom is -0.396 e. The SMILES string of the molecule is CCC(CO)(CO)CO.O=C=NC(N=C=O)c1ccccc1. The molecule has 0 bridgehead atoms. The fourth-order valence-corrected chi connectivity index (χ4v) is 1.39. The summed E-state index contributed by atoms with van der Waals surface area (Å²) in [7, 11) is 0. The van der Waals surface area contributed by atoms with Crippen molar-refractivity contribution in [2.24, 2.45) is 15.4 Å². The van der Waals surface area contributed by atoms with E-state index >= 15 is 0 Å². The maximum Gasteiger partial charge on any atom is 0.237 e. The van der Waals surface area contributed by atoms with Gasteiger partial charge in [0.1, 0.15) is 0 Å². The first-order valence-electron chi connectivity index (χ1n) is 6.64. The number of aliphatic hydroxyl groups excluding tert-OH is 3. The van der Waals surface area contributed by atoms with Gasteiger partial charge in [-0.1, -0.05) is 37.3 Å². The second-order valence-electron chi connectivity index (χ2n) is 4.55. The van der Waals surface area contributed by atoms with Gasteiger partial charge in [-0.15, -0.1) is 0 Å². The van der Waals surface area contributed by atoms with Crippen LogP contribution in [0.4, 0.5) is 0 Å². The number of aliphatic hydroxyl groups is 3. The van der Waals surface area contributed by atoms with Gasteiger partial charge in [-0.25, -0.2) is 9.59 Å². The van der Waals surface area contributed by atoms with Gasteiger partial charge >= 0.3 is 0 Å². The van der Waals surface area contributed by atoms with E-state index in [1.54, 1.807) is 24.3 Å². The lowest BCUT2D eigenvalue weighted by molar-refractivity contribution is 0.00304. The molecule has 3 N–H and O–H groups in total. The molecule has 1 aromatic rings. The Morgan fingerprint density at radius 2 is 1.45 bits per heavy atom. The molecule has 0 atom stereocenters. The van der Waals surface area contributed by atoms with Crippen molar-refractivity contribution in [3.63, 3.8) is 0 Å². The Labute approximate surface area is 128 Å². The van der Waals surface area contributed by atoms with E-state index in [1.165, 1.54) is 12.2 Å². The summed E-state index contributed by atoms with van der Waals surface area (Å²) >= 11 is 0. The molecule has 0 radical (unpaired) electrons. The fourth-order valence-electron chi connectivity index (χ4n) is 1.39. The Kier molecular flexibility index (Phi) is 10.4. The van der Waals surface area contributed by atoms with E-state index in [0.717, 1.165) is 0 Å². The average molecular weight is 308 g/mol. The predicted octanol–water partition coefficient (Wildman–Crippen LogP) is 0.716.